The molecular weight excluding hydrogens is 835 g/mol. The van der Waals surface area contributed by atoms with Crippen molar-refractivity contribution in [3.63, 3.8) is 0 Å². The van der Waals surface area contributed by atoms with Crippen LogP contribution in [0, 0.1) is 11.8 Å². The smallest absolute Gasteiger partial charge is 0.237 e. The van der Waals surface area contributed by atoms with Gasteiger partial charge >= 0.3 is 0 Å². The van der Waals surface area contributed by atoms with E-state index in [4.69, 9.17) is 14.7 Å². The minimum atomic E-state index is -0.569. The fourth-order valence-electron chi connectivity index (χ4n) is 10.8. The first-order chi connectivity index (χ1) is 32.8. The highest BCUT2D eigenvalue weighted by Gasteiger charge is 2.52. The number of carbonyl (C=O) groups is 3. The molecule has 4 aromatic carbocycles. The number of carbonyl (C=O) groups excluding carboxylic acids is 3. The molecule has 0 saturated carbocycles. The zero-order chi connectivity index (χ0) is 45.1. The van der Waals surface area contributed by atoms with Crippen LogP contribution in [0.4, 0.5) is 17.3 Å². The van der Waals surface area contributed by atoms with Crippen molar-refractivity contribution < 1.29 is 19.1 Å². The number of nitrogens with one attached hydrogen (secondary N) is 3. The molecule has 11 heteroatoms. The average molecular weight is 878 g/mol. The van der Waals surface area contributed by atoms with E-state index >= 15 is 0 Å². The second kappa shape index (κ2) is 16.0. The SMILES string of the molecule is O=C1CCc2c(CCc3ccc4cc5c(cc4n3)CC3(C5)C(=O)Nc4ncccc43)cccc2N1.O=C1Nc2ncccc2C12Cc1cc3ccc(C#CCOc4ccccc4)nc3cc1C2. The van der Waals surface area contributed by atoms with Gasteiger partial charge in [-0.1, -0.05) is 54.5 Å². The number of rotatable bonds is 5. The van der Waals surface area contributed by atoms with Crippen molar-refractivity contribution in [2.24, 2.45) is 0 Å². The Hall–Kier alpha value is -8.23. The van der Waals surface area contributed by atoms with E-state index in [0.717, 1.165) is 74.9 Å². The van der Waals surface area contributed by atoms with Gasteiger partial charge in [-0.05, 0) is 157 Å². The van der Waals surface area contributed by atoms with Gasteiger partial charge in [0.25, 0.3) is 0 Å². The second-order valence-electron chi connectivity index (χ2n) is 18.1. The predicted octanol–water partition coefficient (Wildman–Crippen LogP) is 8.34. The van der Waals surface area contributed by atoms with Crippen LogP contribution in [0.2, 0.25) is 0 Å². The molecule has 0 fully saturated rings. The molecule has 0 radical (unpaired) electrons. The van der Waals surface area contributed by atoms with E-state index in [1.165, 1.54) is 27.8 Å². The van der Waals surface area contributed by atoms with Crippen LogP contribution in [-0.2, 0) is 70.2 Å². The summed E-state index contributed by atoms with van der Waals surface area (Å²) in [5.74, 6) is 8.46. The van der Waals surface area contributed by atoms with Crippen molar-refractivity contribution in [2.45, 2.75) is 62.2 Å². The molecule has 0 bridgehead atoms. The molecule has 4 aromatic heterocycles. The van der Waals surface area contributed by atoms with Gasteiger partial charge in [-0.15, -0.1) is 0 Å². The van der Waals surface area contributed by atoms with Crippen molar-refractivity contribution >= 4 is 56.9 Å². The van der Waals surface area contributed by atoms with Crippen molar-refractivity contribution in [3.8, 4) is 17.6 Å². The first-order valence-corrected chi connectivity index (χ1v) is 22.8. The van der Waals surface area contributed by atoms with Crippen LogP contribution in [0.1, 0.15) is 62.3 Å². The highest BCUT2D eigenvalue weighted by atomic mass is 16.5. The van der Waals surface area contributed by atoms with Crippen molar-refractivity contribution in [3.05, 3.63) is 190 Å². The third kappa shape index (κ3) is 7.13. The van der Waals surface area contributed by atoms with E-state index in [1.54, 1.807) is 12.4 Å². The quantitative estimate of drug-likeness (QED) is 0.146. The van der Waals surface area contributed by atoms with E-state index in [0.29, 0.717) is 56.0 Å². The van der Waals surface area contributed by atoms with Gasteiger partial charge in [0.2, 0.25) is 17.7 Å². The number of ether oxygens (including phenoxy) is 1. The highest BCUT2D eigenvalue weighted by Crippen LogP contribution is 2.48. The summed E-state index contributed by atoms with van der Waals surface area (Å²) >= 11 is 0. The number of amides is 3. The molecule has 67 heavy (non-hydrogen) atoms. The minimum Gasteiger partial charge on any atom is -0.481 e. The molecule has 8 aromatic rings. The predicted molar refractivity (Wildman–Crippen MR) is 257 cm³/mol. The number of hydrogen-bond donors (Lipinski definition) is 3. The molecule has 3 N–H and O–H groups in total. The summed E-state index contributed by atoms with van der Waals surface area (Å²) < 4.78 is 5.62. The van der Waals surface area contributed by atoms with Crippen molar-refractivity contribution in [1.82, 2.24) is 19.9 Å². The van der Waals surface area contributed by atoms with Crippen LogP contribution in [0.5, 0.6) is 5.75 Å². The number of pyridine rings is 4. The van der Waals surface area contributed by atoms with Crippen LogP contribution in [0.15, 0.2) is 134 Å². The van der Waals surface area contributed by atoms with Crippen LogP contribution >= 0.6 is 0 Å². The standard InChI is InChI=1S/C29H24N4O2.C27H19N3O2/c34-26-11-10-22-17(3-1-5-24(22)32-26)6-8-21-9-7-18-13-19-15-29(16-20(19)14-25(18)31-21)23-4-2-12-30-27(23)33-28(29)35;31-26-27(23-9-4-12-28-25(23)30-26)16-19-14-18-10-11-21(29-24(18)15-20(19)17-27)6-5-13-32-22-7-2-1-3-8-22/h1-5,7,9,12-14H,6,8,10-11,15-16H2,(H,32,34)(H,30,33,35);1-4,7-12,14-15H,13,16-17H2,(H,28,30,31). The van der Waals surface area contributed by atoms with Gasteiger partial charge < -0.3 is 20.7 Å². The number of benzene rings is 4. The average Bonchev–Trinajstić information content (AvgIpc) is 4.07. The Labute approximate surface area is 386 Å². The largest absolute Gasteiger partial charge is 0.481 e. The number of aromatic nitrogens is 4. The number of para-hydroxylation sites is 1. The third-order valence-electron chi connectivity index (χ3n) is 14.1. The summed E-state index contributed by atoms with van der Waals surface area (Å²) in [4.78, 5) is 56.1. The van der Waals surface area contributed by atoms with Crippen LogP contribution in [0.25, 0.3) is 21.8 Å². The molecule has 0 saturated heterocycles. The number of aryl methyl sites for hydroxylation is 2. The molecule has 2 aliphatic carbocycles. The third-order valence-corrected chi connectivity index (χ3v) is 14.1. The van der Waals surface area contributed by atoms with Gasteiger partial charge in [0.15, 0.2) is 0 Å². The summed E-state index contributed by atoms with van der Waals surface area (Å²) in [5.41, 5.74) is 12.7. The van der Waals surface area contributed by atoms with Crippen LogP contribution < -0.4 is 20.7 Å². The van der Waals surface area contributed by atoms with E-state index in [1.807, 2.05) is 78.9 Å². The molecule has 7 heterocycles. The van der Waals surface area contributed by atoms with Gasteiger partial charge in [0.1, 0.15) is 29.7 Å². The fraction of sp³-hybridized carbons (Fsp3) is 0.196. The minimum absolute atomic E-state index is 0.0318. The van der Waals surface area contributed by atoms with E-state index < -0.39 is 10.8 Å². The number of nitrogens with zero attached hydrogens (tertiary/aromatic N) is 4. The summed E-state index contributed by atoms with van der Waals surface area (Å²) in [5, 5.41) is 11.1. The summed E-state index contributed by atoms with van der Waals surface area (Å²) in [6, 6.07) is 40.5. The Bertz CT molecular complexity index is 3450. The normalized spacial score (nSPS) is 19.0. The Morgan fingerprint density at radius 3 is 1.88 bits per heavy atom. The first kappa shape index (κ1) is 40.3. The highest BCUT2D eigenvalue weighted by molar-refractivity contribution is 6.07. The van der Waals surface area contributed by atoms with E-state index in [-0.39, 0.29) is 17.7 Å². The Kier molecular flexibility index (Phi) is 9.64. The number of anilines is 3. The van der Waals surface area contributed by atoms with Crippen LogP contribution in [0.3, 0.4) is 0 Å². The zero-order valence-corrected chi connectivity index (χ0v) is 36.5. The summed E-state index contributed by atoms with van der Waals surface area (Å²) in [6.45, 7) is 0.305. The molecule has 2 spiro atoms. The molecule has 2 atom stereocenters. The Morgan fingerprint density at radius 2 is 1.21 bits per heavy atom. The topological polar surface area (TPSA) is 148 Å². The molecule has 13 rings (SSSR count). The lowest BCUT2D eigenvalue weighted by Gasteiger charge is -2.20. The van der Waals surface area contributed by atoms with Gasteiger partial charge in [0, 0.05) is 52.1 Å². The first-order valence-electron chi connectivity index (χ1n) is 22.8. The van der Waals surface area contributed by atoms with Crippen molar-refractivity contribution in [2.75, 3.05) is 22.6 Å². The van der Waals surface area contributed by atoms with Crippen molar-refractivity contribution in [1.29, 1.82) is 0 Å². The Morgan fingerprint density at radius 1 is 0.582 bits per heavy atom. The molecule has 326 valence electrons. The van der Waals surface area contributed by atoms with Gasteiger partial charge in [-0.2, -0.15) is 0 Å². The maximum atomic E-state index is 13.0. The van der Waals surface area contributed by atoms with Crippen LogP contribution in [-0.4, -0.2) is 44.3 Å². The fourth-order valence-corrected chi connectivity index (χ4v) is 10.8. The van der Waals surface area contributed by atoms with E-state index in [9.17, 15) is 14.4 Å². The molecule has 5 aliphatic rings. The maximum absolute atomic E-state index is 13.0. The van der Waals surface area contributed by atoms with Gasteiger partial charge in [-0.25, -0.2) is 15.0 Å². The zero-order valence-electron chi connectivity index (χ0n) is 36.5. The Balaban J connectivity index is 0.000000140. The molecular formula is C56H43N7O4. The molecule has 11 nitrogen and oxygen atoms in total. The second-order valence-corrected chi connectivity index (χ2v) is 18.1. The molecule has 3 aliphatic heterocycles. The number of fused-ring (bicyclic) bond motifs is 9. The lowest BCUT2D eigenvalue weighted by molar-refractivity contribution is -0.121. The lowest BCUT2D eigenvalue weighted by atomic mass is 9.79. The van der Waals surface area contributed by atoms with Gasteiger partial charge in [0.05, 0.1) is 21.9 Å². The van der Waals surface area contributed by atoms with E-state index in [2.05, 4.69) is 80.2 Å². The molecule has 2 unspecified atom stereocenters. The summed E-state index contributed by atoms with van der Waals surface area (Å²) in [7, 11) is 0. The summed E-state index contributed by atoms with van der Waals surface area (Å²) in [6.07, 6.45) is 9.21. The van der Waals surface area contributed by atoms with Gasteiger partial charge in [-0.3, -0.25) is 19.4 Å². The monoisotopic (exact) mass is 877 g/mol. The number of hydrogen-bond acceptors (Lipinski definition) is 8. The maximum Gasteiger partial charge on any atom is 0.237 e. The lowest BCUT2D eigenvalue weighted by Crippen LogP contribution is -2.35. The molecule has 3 amide bonds.